The summed E-state index contributed by atoms with van der Waals surface area (Å²) in [5.74, 6) is 0. The van der Waals surface area contributed by atoms with Gasteiger partial charge in [0.25, 0.3) is 9.24 Å². The largest absolute Gasteiger partial charge is 0.294 e. The molecule has 0 aliphatic heterocycles. The third-order valence-electron chi connectivity index (χ3n) is 0. The maximum atomic E-state index is 9.18. The standard InChI is InChI=1S/CHNO.ClH2NO2S/c2-1-3;1-5(2,3)4/h2H;(H2,2,3,4). The van der Waals surface area contributed by atoms with Crippen LogP contribution in [-0.2, 0) is 14.0 Å². The molecule has 7 heteroatoms. The molecule has 8 heavy (non-hydrogen) atoms. The van der Waals surface area contributed by atoms with E-state index in [1.807, 2.05) is 0 Å². The number of rotatable bonds is 0. The first-order chi connectivity index (χ1) is 3.41. The Morgan fingerprint density at radius 3 is 1.62 bits per heavy atom. The van der Waals surface area contributed by atoms with Crippen molar-refractivity contribution in [3.05, 3.63) is 0 Å². The number of halogens is 1. The molecule has 0 saturated heterocycles. The monoisotopic (exact) mass is 158 g/mol. The lowest BCUT2D eigenvalue weighted by atomic mass is 11.7. The van der Waals surface area contributed by atoms with Crippen LogP contribution in [0.2, 0.25) is 0 Å². The van der Waals surface area contributed by atoms with Gasteiger partial charge in [-0.15, -0.1) is 0 Å². The predicted octanol–water partition coefficient (Wildman–Crippen LogP) is -0.670. The average molecular weight is 159 g/mol. The molecule has 0 atom stereocenters. The van der Waals surface area contributed by atoms with E-state index in [9.17, 15) is 8.42 Å². The summed E-state index contributed by atoms with van der Waals surface area (Å²) < 4.78 is 18.4. The van der Waals surface area contributed by atoms with Crippen molar-refractivity contribution in [2.75, 3.05) is 0 Å². The van der Waals surface area contributed by atoms with Gasteiger partial charge in [-0.1, -0.05) is 0 Å². The molecular weight excluding hydrogens is 156 g/mol. The second kappa shape index (κ2) is 4.73. The van der Waals surface area contributed by atoms with Crippen LogP contribution < -0.4 is 5.14 Å². The minimum Gasteiger partial charge on any atom is -0.222 e. The van der Waals surface area contributed by atoms with Crippen LogP contribution in [0.15, 0.2) is 0 Å². The zero-order valence-corrected chi connectivity index (χ0v) is 5.16. The van der Waals surface area contributed by atoms with E-state index >= 15 is 0 Å². The lowest BCUT2D eigenvalue weighted by Gasteiger charge is -1.66. The lowest BCUT2D eigenvalue weighted by molar-refractivity contribution is 0.562. The molecule has 0 amide bonds. The number of nitrogens with two attached hydrogens (primary N) is 1. The zero-order valence-electron chi connectivity index (χ0n) is 3.59. The van der Waals surface area contributed by atoms with E-state index in [-0.39, 0.29) is 0 Å². The maximum Gasteiger partial charge on any atom is 0.294 e. The molecule has 0 aliphatic carbocycles. The average Bonchev–Trinajstić information content (AvgIpc) is 1.27. The van der Waals surface area contributed by atoms with Gasteiger partial charge >= 0.3 is 0 Å². The molecule has 0 spiro atoms. The van der Waals surface area contributed by atoms with Gasteiger partial charge in [0.2, 0.25) is 6.08 Å². The van der Waals surface area contributed by atoms with Crippen LogP contribution in [0.3, 0.4) is 0 Å². The molecule has 0 unspecified atom stereocenters. The van der Waals surface area contributed by atoms with Crippen LogP contribution in [0.4, 0.5) is 0 Å². The topological polar surface area (TPSA) is 101 Å². The highest BCUT2D eigenvalue weighted by atomic mass is 35.7. The molecule has 5 nitrogen and oxygen atoms in total. The van der Waals surface area contributed by atoms with Gasteiger partial charge in [-0.25, -0.2) is 15.3 Å². The van der Waals surface area contributed by atoms with Gasteiger partial charge in [-0.05, 0) is 0 Å². The van der Waals surface area contributed by atoms with Crippen LogP contribution >= 0.6 is 10.7 Å². The molecule has 0 saturated carbocycles. The van der Waals surface area contributed by atoms with Crippen LogP contribution in [0.25, 0.3) is 0 Å². The smallest absolute Gasteiger partial charge is 0.222 e. The summed E-state index contributed by atoms with van der Waals surface area (Å²) in [5.41, 5.74) is 0. The number of isocyanates is 1. The van der Waals surface area contributed by atoms with Crippen molar-refractivity contribution in [1.82, 2.24) is 0 Å². The highest BCUT2D eigenvalue weighted by Crippen LogP contribution is 1.77. The normalized spacial score (nSPS) is 8.25. The van der Waals surface area contributed by atoms with Crippen molar-refractivity contribution in [2.45, 2.75) is 0 Å². The van der Waals surface area contributed by atoms with Crippen LogP contribution in [0.1, 0.15) is 0 Å². The summed E-state index contributed by atoms with van der Waals surface area (Å²) in [6, 6.07) is 0. The second-order valence-corrected chi connectivity index (χ2v) is 2.82. The third-order valence-corrected chi connectivity index (χ3v) is 0. The Balaban J connectivity index is 0. The fourth-order valence-corrected chi connectivity index (χ4v) is 0. The van der Waals surface area contributed by atoms with E-state index in [0.717, 1.165) is 6.08 Å². The number of nitrogens with one attached hydrogen (secondary N) is 1. The molecular formula is CH3ClN2O3S. The number of hydrogen-bond acceptors (Lipinski definition) is 4. The third kappa shape index (κ3) is 664. The Hall–Kier alpha value is -0.420. The summed E-state index contributed by atoms with van der Waals surface area (Å²) in [6.45, 7) is 0. The first-order valence-corrected chi connectivity index (χ1v) is 3.55. The highest BCUT2D eigenvalue weighted by molar-refractivity contribution is 8.11. The molecule has 0 aromatic carbocycles. The molecule has 0 aromatic heterocycles. The van der Waals surface area contributed by atoms with Crippen LogP contribution in [0.5, 0.6) is 0 Å². The number of carbonyl (C=O) groups excluding carboxylic acids is 1. The first-order valence-electron chi connectivity index (χ1n) is 1.18. The summed E-state index contributed by atoms with van der Waals surface area (Å²) in [7, 11) is 0.586. The van der Waals surface area contributed by atoms with E-state index < -0.39 is 9.24 Å². The van der Waals surface area contributed by atoms with Gasteiger partial charge in [0.05, 0.1) is 0 Å². The van der Waals surface area contributed by atoms with Gasteiger partial charge in [0.1, 0.15) is 0 Å². The Kier molecular flexibility index (Phi) is 6.23. The molecule has 0 radical (unpaired) electrons. The van der Waals surface area contributed by atoms with E-state index in [4.69, 9.17) is 10.2 Å². The first kappa shape index (κ1) is 10.5. The van der Waals surface area contributed by atoms with Gasteiger partial charge in [-0.2, -0.15) is 8.42 Å². The van der Waals surface area contributed by atoms with Crippen molar-refractivity contribution in [3.8, 4) is 0 Å². The van der Waals surface area contributed by atoms with Gasteiger partial charge in [-0.3, -0.25) is 0 Å². The van der Waals surface area contributed by atoms with Crippen molar-refractivity contribution in [1.29, 1.82) is 5.41 Å². The summed E-state index contributed by atoms with van der Waals surface area (Å²) in [5, 5.41) is 9.49. The molecule has 0 fully saturated rings. The second-order valence-electron chi connectivity index (χ2n) is 0.578. The molecule has 0 aromatic rings. The van der Waals surface area contributed by atoms with Crippen LogP contribution in [0, 0.1) is 5.41 Å². The Morgan fingerprint density at radius 1 is 1.62 bits per heavy atom. The Morgan fingerprint density at radius 2 is 1.62 bits per heavy atom. The molecule has 48 valence electrons. The van der Waals surface area contributed by atoms with Crippen molar-refractivity contribution >= 4 is 26.0 Å². The van der Waals surface area contributed by atoms with E-state index in [1.54, 1.807) is 0 Å². The Labute approximate surface area is 50.5 Å². The number of hydrogen-bond donors (Lipinski definition) is 2. The van der Waals surface area contributed by atoms with Gasteiger partial charge in [0, 0.05) is 10.7 Å². The quantitative estimate of drug-likeness (QED) is 0.278. The molecule has 0 heterocycles. The summed E-state index contributed by atoms with van der Waals surface area (Å²) >= 11 is 0. The molecule has 0 bridgehead atoms. The summed E-state index contributed by atoms with van der Waals surface area (Å²) in [6.07, 6.45) is 0.750. The molecule has 0 rings (SSSR count). The minimum atomic E-state index is -3.69. The van der Waals surface area contributed by atoms with Crippen molar-refractivity contribution in [2.24, 2.45) is 5.14 Å². The van der Waals surface area contributed by atoms with E-state index in [0.29, 0.717) is 0 Å². The molecule has 3 N–H and O–H groups in total. The Bertz CT molecular complexity index is 158. The fraction of sp³-hybridized carbons (Fsp3) is 0. The van der Waals surface area contributed by atoms with Crippen LogP contribution in [-0.4, -0.2) is 14.5 Å². The van der Waals surface area contributed by atoms with Gasteiger partial charge < -0.3 is 0 Å². The predicted molar refractivity (Wildman–Crippen MR) is 27.4 cm³/mol. The van der Waals surface area contributed by atoms with Gasteiger partial charge in [0.15, 0.2) is 0 Å². The minimum absolute atomic E-state index is 0.750. The summed E-state index contributed by atoms with van der Waals surface area (Å²) in [4.78, 5) is 8.35. The fourth-order valence-electron chi connectivity index (χ4n) is 0. The van der Waals surface area contributed by atoms with Crippen molar-refractivity contribution in [3.63, 3.8) is 0 Å². The zero-order chi connectivity index (χ0) is 7.21. The van der Waals surface area contributed by atoms with E-state index in [2.05, 4.69) is 15.8 Å². The highest BCUT2D eigenvalue weighted by Gasteiger charge is 1.83. The maximum absolute atomic E-state index is 9.18. The lowest BCUT2D eigenvalue weighted by Crippen LogP contribution is -2.00. The SMILES string of the molecule is N=C=O.NS(=O)(=O)Cl. The van der Waals surface area contributed by atoms with E-state index in [1.165, 1.54) is 0 Å². The van der Waals surface area contributed by atoms with Crippen molar-refractivity contribution < 1.29 is 13.2 Å². The molecule has 0 aliphatic rings.